The number of hydrogen-bond donors (Lipinski definition) is 3. The van der Waals surface area contributed by atoms with Crippen LogP contribution in [0.5, 0.6) is 5.75 Å². The highest BCUT2D eigenvalue weighted by Crippen LogP contribution is 2.52. The number of carbonyl (C=O) groups excluding carboxylic acids is 1. The Bertz CT molecular complexity index is 1120. The standard InChI is InChI=1S/C27H29N3O2/c1-32-24-15-8-6-11-21(24)19-28-25(31)30-26-16-9-17-29-27(26,22-12-3-2-4-13-22)23-14-7-5-10-20(23)18-26/h2-8,10-15,29H,9,16-19H2,1H3,(H2,28,30,31)/t26-,27-/m1/s1. The SMILES string of the molecule is COc1ccccc1CNC(=O)N[C@@]12CCCN[C@]1(c1ccccc1)c1ccccc1C2. The van der Waals surface area contributed by atoms with Crippen molar-refractivity contribution in [3.8, 4) is 5.75 Å². The quantitative estimate of drug-likeness (QED) is 0.574. The van der Waals surface area contributed by atoms with Crippen LogP contribution in [-0.4, -0.2) is 25.2 Å². The second-order valence-electron chi connectivity index (χ2n) is 8.68. The summed E-state index contributed by atoms with van der Waals surface area (Å²) in [5, 5.41) is 10.3. The highest BCUT2D eigenvalue weighted by atomic mass is 16.5. The normalized spacial score (nSPS) is 23.7. The lowest BCUT2D eigenvalue weighted by Gasteiger charge is -2.51. The molecule has 3 aromatic carbocycles. The Balaban J connectivity index is 1.48. The molecular formula is C27H29N3O2. The molecule has 5 nitrogen and oxygen atoms in total. The molecule has 5 rings (SSSR count). The van der Waals surface area contributed by atoms with E-state index in [2.05, 4.69) is 64.5 Å². The summed E-state index contributed by atoms with van der Waals surface area (Å²) in [6.45, 7) is 1.32. The lowest BCUT2D eigenvalue weighted by molar-refractivity contribution is 0.135. The van der Waals surface area contributed by atoms with Crippen molar-refractivity contribution in [1.82, 2.24) is 16.0 Å². The van der Waals surface area contributed by atoms with E-state index in [1.165, 1.54) is 16.7 Å². The highest BCUT2D eigenvalue weighted by Gasteiger charge is 2.60. The molecule has 1 heterocycles. The predicted octanol–water partition coefficient (Wildman–Crippen LogP) is 4.12. The first-order valence-electron chi connectivity index (χ1n) is 11.3. The van der Waals surface area contributed by atoms with E-state index < -0.39 is 11.1 Å². The van der Waals surface area contributed by atoms with Gasteiger partial charge in [-0.3, -0.25) is 0 Å². The van der Waals surface area contributed by atoms with Crippen LogP contribution in [0.3, 0.4) is 0 Å². The summed E-state index contributed by atoms with van der Waals surface area (Å²) in [6, 6.07) is 26.7. The molecular weight excluding hydrogens is 398 g/mol. The minimum Gasteiger partial charge on any atom is -0.496 e. The molecule has 0 unspecified atom stereocenters. The number of methoxy groups -OCH3 is 1. The average molecular weight is 428 g/mol. The van der Waals surface area contributed by atoms with E-state index in [0.29, 0.717) is 6.54 Å². The first-order valence-corrected chi connectivity index (χ1v) is 11.3. The fraction of sp³-hybridized carbons (Fsp3) is 0.296. The van der Waals surface area contributed by atoms with Crippen LogP contribution in [0.4, 0.5) is 4.79 Å². The minimum atomic E-state index is -0.453. The Kier molecular flexibility index (Phi) is 5.35. The number of ether oxygens (including phenoxy) is 1. The van der Waals surface area contributed by atoms with Crippen LogP contribution in [0.15, 0.2) is 78.9 Å². The van der Waals surface area contributed by atoms with Crippen molar-refractivity contribution >= 4 is 6.03 Å². The lowest BCUT2D eigenvalue weighted by Crippen LogP contribution is -2.70. The summed E-state index contributed by atoms with van der Waals surface area (Å²) < 4.78 is 5.43. The van der Waals surface area contributed by atoms with Crippen LogP contribution in [0.2, 0.25) is 0 Å². The largest absolute Gasteiger partial charge is 0.496 e. The Morgan fingerprint density at radius 3 is 2.59 bits per heavy atom. The second kappa shape index (κ2) is 8.32. The Morgan fingerprint density at radius 2 is 1.75 bits per heavy atom. The van der Waals surface area contributed by atoms with Gasteiger partial charge in [-0.05, 0) is 48.6 Å². The molecule has 0 saturated carbocycles. The highest BCUT2D eigenvalue weighted by molar-refractivity contribution is 5.76. The molecule has 1 saturated heterocycles. The molecule has 1 fully saturated rings. The van der Waals surface area contributed by atoms with Gasteiger partial charge in [0.15, 0.2) is 0 Å². The molecule has 3 aromatic rings. The molecule has 0 aromatic heterocycles. The van der Waals surface area contributed by atoms with Gasteiger partial charge in [-0.1, -0.05) is 72.8 Å². The van der Waals surface area contributed by atoms with Gasteiger partial charge in [0.25, 0.3) is 0 Å². The maximum atomic E-state index is 13.3. The van der Waals surface area contributed by atoms with E-state index >= 15 is 0 Å². The molecule has 2 atom stereocenters. The Hall–Kier alpha value is -3.31. The molecule has 0 radical (unpaired) electrons. The molecule has 3 N–H and O–H groups in total. The number of nitrogens with one attached hydrogen (secondary N) is 3. The number of urea groups is 1. The molecule has 32 heavy (non-hydrogen) atoms. The third-order valence-electron chi connectivity index (χ3n) is 6.99. The third-order valence-corrected chi connectivity index (χ3v) is 6.99. The molecule has 2 aliphatic rings. The number of rotatable bonds is 5. The number of benzene rings is 3. The van der Waals surface area contributed by atoms with Gasteiger partial charge in [-0.15, -0.1) is 0 Å². The van der Waals surface area contributed by atoms with Crippen molar-refractivity contribution in [1.29, 1.82) is 0 Å². The van der Waals surface area contributed by atoms with Crippen molar-refractivity contribution in [2.24, 2.45) is 0 Å². The van der Waals surface area contributed by atoms with Crippen LogP contribution in [0, 0.1) is 0 Å². The van der Waals surface area contributed by atoms with Gasteiger partial charge in [-0.2, -0.15) is 0 Å². The van der Waals surface area contributed by atoms with Crippen molar-refractivity contribution in [3.05, 3.63) is 101 Å². The monoisotopic (exact) mass is 427 g/mol. The first-order chi connectivity index (χ1) is 15.7. The van der Waals surface area contributed by atoms with Gasteiger partial charge >= 0.3 is 6.03 Å². The van der Waals surface area contributed by atoms with Crippen LogP contribution < -0.4 is 20.7 Å². The van der Waals surface area contributed by atoms with Crippen LogP contribution in [0.25, 0.3) is 0 Å². The maximum absolute atomic E-state index is 13.3. The lowest BCUT2D eigenvalue weighted by atomic mass is 9.67. The molecule has 164 valence electrons. The van der Waals surface area contributed by atoms with Gasteiger partial charge < -0.3 is 20.7 Å². The van der Waals surface area contributed by atoms with Gasteiger partial charge in [-0.25, -0.2) is 4.79 Å². The minimum absolute atomic E-state index is 0.160. The van der Waals surface area contributed by atoms with E-state index in [9.17, 15) is 4.79 Å². The number of hydrogen-bond acceptors (Lipinski definition) is 3. The summed E-state index contributed by atoms with van der Waals surface area (Å²) in [5.74, 6) is 0.775. The maximum Gasteiger partial charge on any atom is 0.315 e. The van der Waals surface area contributed by atoms with Crippen molar-refractivity contribution in [2.45, 2.75) is 36.9 Å². The molecule has 5 heteroatoms. The average Bonchev–Trinajstić information content (AvgIpc) is 3.14. The summed E-state index contributed by atoms with van der Waals surface area (Å²) in [4.78, 5) is 13.3. The Morgan fingerprint density at radius 1 is 1.00 bits per heavy atom. The van der Waals surface area contributed by atoms with Crippen molar-refractivity contribution in [3.63, 3.8) is 0 Å². The van der Waals surface area contributed by atoms with Crippen LogP contribution >= 0.6 is 0 Å². The first kappa shape index (κ1) is 20.6. The van der Waals surface area contributed by atoms with E-state index in [1.807, 2.05) is 30.3 Å². The number of fused-ring (bicyclic) bond motifs is 3. The Labute approximate surface area is 189 Å². The predicted molar refractivity (Wildman–Crippen MR) is 126 cm³/mol. The number of piperidine rings is 1. The molecule has 1 aliphatic heterocycles. The third kappa shape index (κ3) is 3.24. The van der Waals surface area contributed by atoms with Crippen LogP contribution in [0.1, 0.15) is 35.1 Å². The fourth-order valence-electron chi connectivity index (χ4n) is 5.67. The van der Waals surface area contributed by atoms with Gasteiger partial charge in [0.1, 0.15) is 5.75 Å². The van der Waals surface area contributed by atoms with E-state index in [-0.39, 0.29) is 6.03 Å². The zero-order valence-corrected chi connectivity index (χ0v) is 18.4. The van der Waals surface area contributed by atoms with Crippen molar-refractivity contribution in [2.75, 3.05) is 13.7 Å². The topological polar surface area (TPSA) is 62.4 Å². The van der Waals surface area contributed by atoms with Gasteiger partial charge in [0.05, 0.1) is 18.2 Å². The van der Waals surface area contributed by atoms with E-state index in [4.69, 9.17) is 4.74 Å². The second-order valence-corrected chi connectivity index (χ2v) is 8.68. The van der Waals surface area contributed by atoms with E-state index in [1.54, 1.807) is 7.11 Å². The molecule has 0 spiro atoms. The smallest absolute Gasteiger partial charge is 0.315 e. The summed E-state index contributed by atoms with van der Waals surface area (Å²) in [7, 11) is 1.65. The van der Waals surface area contributed by atoms with Gasteiger partial charge in [0.2, 0.25) is 0 Å². The zero-order chi connectivity index (χ0) is 22.0. The fourth-order valence-corrected chi connectivity index (χ4v) is 5.67. The van der Waals surface area contributed by atoms with Gasteiger partial charge in [0, 0.05) is 12.1 Å². The molecule has 1 aliphatic carbocycles. The molecule has 2 amide bonds. The zero-order valence-electron chi connectivity index (χ0n) is 18.4. The summed E-state index contributed by atoms with van der Waals surface area (Å²) in [6.07, 6.45) is 2.72. The number of para-hydroxylation sites is 1. The molecule has 0 bridgehead atoms. The van der Waals surface area contributed by atoms with E-state index in [0.717, 1.165) is 37.1 Å². The summed E-state index contributed by atoms with van der Waals surface area (Å²) in [5.41, 5.74) is 3.79. The number of carbonyl (C=O) groups is 1. The van der Waals surface area contributed by atoms with Crippen molar-refractivity contribution < 1.29 is 9.53 Å². The summed E-state index contributed by atoms with van der Waals surface area (Å²) >= 11 is 0. The van der Waals surface area contributed by atoms with Crippen LogP contribution in [-0.2, 0) is 18.5 Å². The number of amides is 2.